The third kappa shape index (κ3) is 2.99. The van der Waals surface area contributed by atoms with Crippen LogP contribution in [0.2, 0.25) is 0 Å². The van der Waals surface area contributed by atoms with Gasteiger partial charge in [0.15, 0.2) is 0 Å². The number of halogens is 1. The Kier molecular flexibility index (Phi) is 4.40. The van der Waals surface area contributed by atoms with Crippen LogP contribution in [0.3, 0.4) is 0 Å². The predicted molar refractivity (Wildman–Crippen MR) is 79.6 cm³/mol. The highest BCUT2D eigenvalue weighted by atomic mass is 32.1. The summed E-state index contributed by atoms with van der Waals surface area (Å²) in [5, 5.41) is 12.5. The molecule has 20 heavy (non-hydrogen) atoms. The number of hydrogen-bond donors (Lipinski definition) is 2. The van der Waals surface area contributed by atoms with Crippen molar-refractivity contribution in [3.63, 3.8) is 0 Å². The Morgan fingerprint density at radius 1 is 1.50 bits per heavy atom. The molecule has 1 amide bonds. The topological polar surface area (TPSA) is 49.3 Å². The van der Waals surface area contributed by atoms with Crippen LogP contribution in [0, 0.1) is 5.82 Å². The lowest BCUT2D eigenvalue weighted by Crippen LogP contribution is -2.45. The van der Waals surface area contributed by atoms with Gasteiger partial charge in [-0.15, -0.1) is 11.3 Å². The number of aliphatic hydroxyl groups excluding tert-OH is 1. The van der Waals surface area contributed by atoms with Crippen LogP contribution < -0.4 is 5.32 Å². The van der Waals surface area contributed by atoms with E-state index in [0.717, 1.165) is 11.1 Å². The minimum Gasteiger partial charge on any atom is -0.396 e. The number of carbonyl (C=O) groups is 1. The van der Waals surface area contributed by atoms with Crippen LogP contribution in [0.15, 0.2) is 24.3 Å². The molecule has 2 N–H and O–H groups in total. The molecule has 0 spiro atoms. The molecule has 5 heteroatoms. The van der Waals surface area contributed by atoms with Gasteiger partial charge in [0, 0.05) is 22.2 Å². The van der Waals surface area contributed by atoms with Crippen LogP contribution in [-0.2, 0) is 0 Å². The molecule has 1 heterocycles. The van der Waals surface area contributed by atoms with Crippen molar-refractivity contribution in [2.75, 3.05) is 6.61 Å². The van der Waals surface area contributed by atoms with E-state index in [0.29, 0.717) is 16.7 Å². The predicted octanol–water partition coefficient (Wildman–Crippen LogP) is 3.32. The molecular weight excluding hydrogens is 277 g/mol. The molecule has 0 saturated heterocycles. The fourth-order valence-electron chi connectivity index (χ4n) is 2.05. The van der Waals surface area contributed by atoms with Gasteiger partial charge in [0.05, 0.1) is 4.88 Å². The second-order valence-corrected chi connectivity index (χ2v) is 6.19. The van der Waals surface area contributed by atoms with Crippen LogP contribution in [0.25, 0.3) is 10.1 Å². The molecule has 0 saturated carbocycles. The first-order valence-electron chi connectivity index (χ1n) is 6.60. The molecular formula is C15H18FNO2S. The second-order valence-electron chi connectivity index (χ2n) is 5.10. The van der Waals surface area contributed by atoms with Crippen molar-refractivity contribution in [3.05, 3.63) is 35.0 Å². The average Bonchev–Trinajstić information content (AvgIpc) is 2.84. The van der Waals surface area contributed by atoms with Crippen molar-refractivity contribution in [3.8, 4) is 0 Å². The number of carbonyl (C=O) groups excluding carboxylic acids is 1. The number of thiophene rings is 1. The maximum Gasteiger partial charge on any atom is 0.261 e. The van der Waals surface area contributed by atoms with Gasteiger partial charge in [-0.1, -0.05) is 13.0 Å². The Balaban J connectivity index is 2.25. The highest BCUT2D eigenvalue weighted by molar-refractivity contribution is 7.20. The largest absolute Gasteiger partial charge is 0.396 e. The maximum absolute atomic E-state index is 13.6. The molecule has 0 aliphatic heterocycles. The minimum absolute atomic E-state index is 0.0195. The van der Waals surface area contributed by atoms with Crippen LogP contribution in [0.5, 0.6) is 0 Å². The number of benzene rings is 1. The number of fused-ring (bicyclic) bond motifs is 1. The van der Waals surface area contributed by atoms with Crippen LogP contribution >= 0.6 is 11.3 Å². The zero-order chi connectivity index (χ0) is 14.8. The van der Waals surface area contributed by atoms with Gasteiger partial charge in [-0.25, -0.2) is 4.39 Å². The summed E-state index contributed by atoms with van der Waals surface area (Å²) in [6.45, 7) is 3.88. The summed E-state index contributed by atoms with van der Waals surface area (Å²) in [5.41, 5.74) is -0.444. The van der Waals surface area contributed by atoms with Gasteiger partial charge < -0.3 is 10.4 Å². The molecule has 1 atom stereocenters. The van der Waals surface area contributed by atoms with Crippen molar-refractivity contribution in [2.45, 2.75) is 32.2 Å². The average molecular weight is 295 g/mol. The van der Waals surface area contributed by atoms with Crippen molar-refractivity contribution >= 4 is 27.3 Å². The highest BCUT2D eigenvalue weighted by Gasteiger charge is 2.25. The normalized spacial score (nSPS) is 14.2. The van der Waals surface area contributed by atoms with E-state index in [1.807, 2.05) is 13.8 Å². The summed E-state index contributed by atoms with van der Waals surface area (Å²) in [7, 11) is 0. The summed E-state index contributed by atoms with van der Waals surface area (Å²) in [5.74, 6) is -0.533. The maximum atomic E-state index is 13.6. The molecule has 1 aromatic carbocycles. The van der Waals surface area contributed by atoms with Gasteiger partial charge in [0.25, 0.3) is 5.91 Å². The van der Waals surface area contributed by atoms with E-state index in [1.54, 1.807) is 18.2 Å². The van der Waals surface area contributed by atoms with Crippen molar-refractivity contribution in [1.29, 1.82) is 0 Å². The zero-order valence-corrected chi connectivity index (χ0v) is 12.4. The summed E-state index contributed by atoms with van der Waals surface area (Å²) < 4.78 is 14.4. The molecule has 0 aliphatic rings. The first-order valence-corrected chi connectivity index (χ1v) is 7.42. The highest BCUT2D eigenvalue weighted by Crippen LogP contribution is 2.28. The fourth-order valence-corrected chi connectivity index (χ4v) is 3.02. The monoisotopic (exact) mass is 295 g/mol. The fraction of sp³-hybridized carbons (Fsp3) is 0.400. The van der Waals surface area contributed by atoms with Crippen LogP contribution in [-0.4, -0.2) is 23.2 Å². The van der Waals surface area contributed by atoms with E-state index in [-0.39, 0.29) is 18.3 Å². The molecule has 1 unspecified atom stereocenters. The van der Waals surface area contributed by atoms with Gasteiger partial charge in [0.2, 0.25) is 0 Å². The Morgan fingerprint density at radius 2 is 2.25 bits per heavy atom. The van der Waals surface area contributed by atoms with Gasteiger partial charge in [-0.2, -0.15) is 0 Å². The van der Waals surface area contributed by atoms with Gasteiger partial charge >= 0.3 is 0 Å². The zero-order valence-electron chi connectivity index (χ0n) is 11.6. The number of hydrogen-bond acceptors (Lipinski definition) is 3. The Bertz CT molecular complexity index is 625. The quantitative estimate of drug-likeness (QED) is 0.889. The summed E-state index contributed by atoms with van der Waals surface area (Å²) in [6.07, 6.45) is 1.22. The molecule has 1 aromatic heterocycles. The van der Waals surface area contributed by atoms with E-state index in [1.165, 1.54) is 17.4 Å². The molecule has 2 rings (SSSR count). The summed E-state index contributed by atoms with van der Waals surface area (Å²) in [6, 6.07) is 6.41. The van der Waals surface area contributed by atoms with E-state index in [9.17, 15) is 9.18 Å². The Morgan fingerprint density at radius 3 is 2.85 bits per heavy atom. The van der Waals surface area contributed by atoms with Crippen LogP contribution in [0.1, 0.15) is 36.4 Å². The molecule has 0 aliphatic carbocycles. The van der Waals surface area contributed by atoms with Gasteiger partial charge in [0.1, 0.15) is 5.82 Å². The van der Waals surface area contributed by atoms with Gasteiger partial charge in [-0.3, -0.25) is 4.79 Å². The summed E-state index contributed by atoms with van der Waals surface area (Å²) >= 11 is 1.27. The molecule has 108 valence electrons. The van der Waals surface area contributed by atoms with Crippen LogP contribution in [0.4, 0.5) is 4.39 Å². The van der Waals surface area contributed by atoms with Crippen molar-refractivity contribution in [1.82, 2.24) is 5.32 Å². The van der Waals surface area contributed by atoms with E-state index in [4.69, 9.17) is 5.11 Å². The lowest BCUT2D eigenvalue weighted by atomic mass is 9.95. The molecule has 0 radical (unpaired) electrons. The van der Waals surface area contributed by atoms with Crippen molar-refractivity contribution in [2.24, 2.45) is 0 Å². The summed E-state index contributed by atoms with van der Waals surface area (Å²) in [4.78, 5) is 12.8. The smallest absolute Gasteiger partial charge is 0.261 e. The third-order valence-corrected chi connectivity index (χ3v) is 4.69. The second kappa shape index (κ2) is 5.89. The van der Waals surface area contributed by atoms with E-state index < -0.39 is 5.54 Å². The minimum atomic E-state index is -0.444. The third-order valence-electron chi connectivity index (χ3n) is 3.59. The Hall–Kier alpha value is -1.46. The number of nitrogens with one attached hydrogen (secondary N) is 1. The SMILES string of the molecule is CCC(C)(CCO)NC(=O)c1cc2c(F)cccc2s1. The first kappa shape index (κ1) is 14.9. The molecule has 0 bridgehead atoms. The lowest BCUT2D eigenvalue weighted by molar-refractivity contribution is 0.0890. The molecule has 2 aromatic rings. The number of amides is 1. The van der Waals surface area contributed by atoms with E-state index >= 15 is 0 Å². The first-order chi connectivity index (χ1) is 9.49. The molecule has 3 nitrogen and oxygen atoms in total. The van der Waals surface area contributed by atoms with Crippen molar-refractivity contribution < 1.29 is 14.3 Å². The Labute approximate surface area is 121 Å². The van der Waals surface area contributed by atoms with E-state index in [2.05, 4.69) is 5.32 Å². The standard InChI is InChI=1S/C15H18FNO2S/c1-3-15(2,7-8-18)17-14(19)13-9-10-11(16)5-4-6-12(10)20-13/h4-6,9,18H,3,7-8H2,1-2H3,(H,17,19). The molecule has 0 fully saturated rings. The lowest BCUT2D eigenvalue weighted by Gasteiger charge is -2.28. The van der Waals surface area contributed by atoms with Gasteiger partial charge in [-0.05, 0) is 38.0 Å². The number of aliphatic hydroxyl groups is 1. The number of rotatable bonds is 5.